The van der Waals surface area contributed by atoms with E-state index in [0.717, 1.165) is 37.0 Å². The van der Waals surface area contributed by atoms with E-state index in [1.165, 1.54) is 12.1 Å². The first-order valence-corrected chi connectivity index (χ1v) is 15.4. The molecule has 0 radical (unpaired) electrons. The van der Waals surface area contributed by atoms with Crippen molar-refractivity contribution >= 4 is 28.7 Å². The minimum Gasteiger partial charge on any atom is -0.336 e. The molecule has 0 bridgehead atoms. The number of amides is 1. The first kappa shape index (κ1) is 31.8. The van der Waals surface area contributed by atoms with Crippen LogP contribution in [0.1, 0.15) is 45.2 Å². The molecule has 6 rings (SSSR count). The van der Waals surface area contributed by atoms with Crippen LogP contribution in [0.5, 0.6) is 0 Å². The number of fused-ring (bicyclic) bond motifs is 1. The molecule has 2 N–H and O–H groups in total. The van der Waals surface area contributed by atoms with E-state index < -0.39 is 17.6 Å². The van der Waals surface area contributed by atoms with E-state index in [1.807, 2.05) is 53.9 Å². The molecule has 4 heterocycles. The van der Waals surface area contributed by atoms with Gasteiger partial charge in [-0.15, -0.1) is 0 Å². The highest BCUT2D eigenvalue weighted by Gasteiger charge is 2.34. The minimum atomic E-state index is -4.55. The summed E-state index contributed by atoms with van der Waals surface area (Å²) in [5.41, 5.74) is 3.37. The standard InChI is InChI=1S/C35H35F3N8O/c1-4-44-16-18-45(19-17-44)23-27-9-11-28(21-30(27)35(36,37)38)40-34(47)26-8-7-24(2)25(20-26)10-12-29-22-39-33-31(6-5-14-46(29)33)41-32-13-15-43(3)42-32/h5-9,11,13-15,20-22H,4,16-19,23H2,1-3H3,(H,40,47)(H,41,42). The smallest absolute Gasteiger partial charge is 0.336 e. The van der Waals surface area contributed by atoms with Gasteiger partial charge in [0, 0.05) is 75.0 Å². The quantitative estimate of drug-likeness (QED) is 0.215. The number of benzene rings is 2. The van der Waals surface area contributed by atoms with Crippen LogP contribution in [0.4, 0.5) is 30.4 Å². The fraction of sp³-hybridized carbons (Fsp3) is 0.286. The number of piperazine rings is 1. The average Bonchev–Trinajstić information content (AvgIpc) is 3.67. The molecule has 9 nitrogen and oxygen atoms in total. The highest BCUT2D eigenvalue weighted by Crippen LogP contribution is 2.35. The van der Waals surface area contributed by atoms with Gasteiger partial charge in [-0.2, -0.15) is 18.3 Å². The number of anilines is 3. The molecule has 3 aromatic heterocycles. The van der Waals surface area contributed by atoms with Crippen LogP contribution in [0.2, 0.25) is 0 Å². The number of aromatic nitrogens is 4. The van der Waals surface area contributed by atoms with Gasteiger partial charge in [0.25, 0.3) is 5.91 Å². The van der Waals surface area contributed by atoms with Gasteiger partial charge in [-0.05, 0) is 66.9 Å². The lowest BCUT2D eigenvalue weighted by molar-refractivity contribution is -0.138. The Labute approximate surface area is 271 Å². The lowest BCUT2D eigenvalue weighted by Crippen LogP contribution is -2.45. The van der Waals surface area contributed by atoms with Gasteiger partial charge < -0.3 is 15.5 Å². The molecular formula is C35H35F3N8O. The van der Waals surface area contributed by atoms with Gasteiger partial charge in [-0.1, -0.05) is 25.0 Å². The van der Waals surface area contributed by atoms with Crippen LogP contribution < -0.4 is 10.6 Å². The van der Waals surface area contributed by atoms with Crippen molar-refractivity contribution in [1.29, 1.82) is 0 Å². The van der Waals surface area contributed by atoms with Gasteiger partial charge in [0.15, 0.2) is 11.5 Å². The highest BCUT2D eigenvalue weighted by atomic mass is 19.4. The molecule has 47 heavy (non-hydrogen) atoms. The third kappa shape index (κ3) is 7.32. The van der Waals surface area contributed by atoms with Gasteiger partial charge in [-0.25, -0.2) is 4.98 Å². The van der Waals surface area contributed by atoms with Gasteiger partial charge in [0.05, 0.1) is 17.4 Å². The lowest BCUT2D eigenvalue weighted by atomic mass is 10.0. The van der Waals surface area contributed by atoms with Crippen molar-refractivity contribution in [3.05, 3.63) is 107 Å². The van der Waals surface area contributed by atoms with Gasteiger partial charge in [-0.3, -0.25) is 18.8 Å². The fourth-order valence-corrected chi connectivity index (χ4v) is 5.61. The van der Waals surface area contributed by atoms with Crippen LogP contribution >= 0.6 is 0 Å². The molecule has 2 aromatic carbocycles. The zero-order valence-electron chi connectivity index (χ0n) is 26.4. The molecule has 0 unspecified atom stereocenters. The number of likely N-dealkylation sites (N-methyl/N-ethyl adjacent to an activating group) is 1. The second kappa shape index (κ2) is 13.3. The summed E-state index contributed by atoms with van der Waals surface area (Å²) >= 11 is 0. The van der Waals surface area contributed by atoms with Crippen molar-refractivity contribution in [2.75, 3.05) is 43.4 Å². The summed E-state index contributed by atoms with van der Waals surface area (Å²) < 4.78 is 45.9. The number of halogens is 3. The predicted molar refractivity (Wildman–Crippen MR) is 176 cm³/mol. The molecule has 1 fully saturated rings. The molecule has 242 valence electrons. The monoisotopic (exact) mass is 640 g/mol. The molecule has 0 atom stereocenters. The number of pyridine rings is 1. The maximum atomic E-state index is 14.1. The molecule has 12 heteroatoms. The second-order valence-electron chi connectivity index (χ2n) is 11.6. The van der Waals surface area contributed by atoms with Crippen molar-refractivity contribution in [2.45, 2.75) is 26.6 Å². The van der Waals surface area contributed by atoms with E-state index in [4.69, 9.17) is 0 Å². The topological polar surface area (TPSA) is 82.7 Å². The number of hydrogen-bond acceptors (Lipinski definition) is 6. The first-order chi connectivity index (χ1) is 22.6. The van der Waals surface area contributed by atoms with Gasteiger partial charge in [0.1, 0.15) is 5.69 Å². The number of nitrogens with zero attached hydrogens (tertiary/aromatic N) is 6. The van der Waals surface area contributed by atoms with Crippen molar-refractivity contribution in [2.24, 2.45) is 7.05 Å². The van der Waals surface area contributed by atoms with Crippen LogP contribution in [0.3, 0.4) is 0 Å². The lowest BCUT2D eigenvalue weighted by Gasteiger charge is -2.34. The van der Waals surface area contributed by atoms with Crippen LogP contribution in [-0.2, 0) is 19.8 Å². The Bertz CT molecular complexity index is 1980. The van der Waals surface area contributed by atoms with E-state index in [1.54, 1.807) is 29.1 Å². The number of rotatable bonds is 7. The third-order valence-corrected chi connectivity index (χ3v) is 8.32. The summed E-state index contributed by atoms with van der Waals surface area (Å²) in [7, 11) is 1.84. The fourth-order valence-electron chi connectivity index (χ4n) is 5.61. The molecule has 0 spiro atoms. The summed E-state index contributed by atoms with van der Waals surface area (Å²) in [5, 5.41) is 10.3. The van der Waals surface area contributed by atoms with E-state index in [-0.39, 0.29) is 23.4 Å². The molecule has 1 saturated heterocycles. The molecule has 0 aliphatic carbocycles. The van der Waals surface area contributed by atoms with Crippen molar-refractivity contribution in [3.8, 4) is 11.8 Å². The number of imidazole rings is 1. The number of aryl methyl sites for hydroxylation is 2. The maximum Gasteiger partial charge on any atom is 0.416 e. The Morgan fingerprint density at radius 1 is 0.979 bits per heavy atom. The SMILES string of the molecule is CCN1CCN(Cc2ccc(NC(=O)c3ccc(C)c(C#Cc4cnc5c(Nc6ccn(C)n6)cccn45)c3)cc2C(F)(F)F)CC1. The summed E-state index contributed by atoms with van der Waals surface area (Å²) in [6.45, 7) is 8.18. The van der Waals surface area contributed by atoms with Gasteiger partial charge in [0.2, 0.25) is 0 Å². The van der Waals surface area contributed by atoms with Crippen LogP contribution in [0.15, 0.2) is 73.2 Å². The minimum absolute atomic E-state index is 0.0796. The van der Waals surface area contributed by atoms with E-state index >= 15 is 0 Å². The molecular weight excluding hydrogens is 605 g/mol. The second-order valence-corrected chi connectivity index (χ2v) is 11.6. The number of nitrogens with one attached hydrogen (secondary N) is 2. The van der Waals surface area contributed by atoms with Crippen LogP contribution in [-0.4, -0.2) is 67.6 Å². The highest BCUT2D eigenvalue weighted by molar-refractivity contribution is 6.04. The van der Waals surface area contributed by atoms with Crippen molar-refractivity contribution in [1.82, 2.24) is 29.0 Å². The Kier molecular flexibility index (Phi) is 9.02. The molecule has 0 saturated carbocycles. The van der Waals surface area contributed by atoms with E-state index in [2.05, 4.69) is 44.4 Å². The summed E-state index contributed by atoms with van der Waals surface area (Å²) in [4.78, 5) is 22.1. The Morgan fingerprint density at radius 3 is 2.49 bits per heavy atom. The predicted octanol–water partition coefficient (Wildman–Crippen LogP) is 5.93. The van der Waals surface area contributed by atoms with Crippen molar-refractivity contribution < 1.29 is 18.0 Å². The average molecular weight is 641 g/mol. The Morgan fingerprint density at radius 2 is 1.77 bits per heavy atom. The maximum absolute atomic E-state index is 14.1. The zero-order valence-corrected chi connectivity index (χ0v) is 26.4. The largest absolute Gasteiger partial charge is 0.416 e. The summed E-state index contributed by atoms with van der Waals surface area (Å²) in [6, 6.07) is 14.7. The van der Waals surface area contributed by atoms with Crippen molar-refractivity contribution in [3.63, 3.8) is 0 Å². The molecule has 1 aliphatic rings. The molecule has 5 aromatic rings. The van der Waals surface area contributed by atoms with E-state index in [0.29, 0.717) is 35.8 Å². The zero-order chi connectivity index (χ0) is 33.1. The Hall–Kier alpha value is -5.12. The molecule has 1 aliphatic heterocycles. The van der Waals surface area contributed by atoms with Crippen LogP contribution in [0.25, 0.3) is 5.65 Å². The number of carbonyl (C=O) groups is 1. The first-order valence-electron chi connectivity index (χ1n) is 15.4. The Balaban J connectivity index is 1.19. The van der Waals surface area contributed by atoms with Gasteiger partial charge >= 0.3 is 6.18 Å². The normalized spacial score (nSPS) is 14.2. The summed E-state index contributed by atoms with van der Waals surface area (Å²) in [5.74, 6) is 6.45. The molecule has 1 amide bonds. The summed E-state index contributed by atoms with van der Waals surface area (Å²) in [6.07, 6.45) is 0.819. The number of carbonyl (C=O) groups excluding carboxylic acids is 1. The third-order valence-electron chi connectivity index (χ3n) is 8.32. The number of hydrogen-bond donors (Lipinski definition) is 2. The van der Waals surface area contributed by atoms with Crippen LogP contribution in [0, 0.1) is 18.8 Å². The number of alkyl halides is 3. The van der Waals surface area contributed by atoms with E-state index in [9.17, 15) is 18.0 Å².